The molecule has 1 aromatic carbocycles. The molecule has 1 fully saturated rings. The highest BCUT2D eigenvalue weighted by atomic mass is 32.2. The van der Waals surface area contributed by atoms with Gasteiger partial charge in [0, 0.05) is 12.8 Å². The molecular weight excluding hydrogens is 384 g/mol. The minimum atomic E-state index is -3.06. The first-order valence-electron chi connectivity index (χ1n) is 11.1. The standard InChI is InChI=1S/C24H38O4S/c1-5-20-17-19(14-15-23(20)28-22-12-8-9-13-22)18-21(25)11-7-6-10-16-29(26,27)24(2,3)4/h14-15,17,22H,5-13,16,18H2,1-4H3. The van der Waals surface area contributed by atoms with Crippen molar-refractivity contribution in [3.05, 3.63) is 29.3 Å². The zero-order valence-electron chi connectivity index (χ0n) is 18.6. The molecule has 1 aliphatic rings. The van der Waals surface area contributed by atoms with Crippen molar-refractivity contribution in [3.63, 3.8) is 0 Å². The van der Waals surface area contributed by atoms with Gasteiger partial charge in [-0.25, -0.2) is 8.42 Å². The first-order chi connectivity index (χ1) is 13.6. The molecule has 0 saturated heterocycles. The van der Waals surface area contributed by atoms with Gasteiger partial charge in [-0.1, -0.05) is 25.5 Å². The lowest BCUT2D eigenvalue weighted by Gasteiger charge is -2.18. The van der Waals surface area contributed by atoms with Crippen LogP contribution in [0.5, 0.6) is 5.75 Å². The Morgan fingerprint density at radius 1 is 1.10 bits per heavy atom. The van der Waals surface area contributed by atoms with E-state index < -0.39 is 14.6 Å². The van der Waals surface area contributed by atoms with Crippen LogP contribution in [0.4, 0.5) is 0 Å². The van der Waals surface area contributed by atoms with Crippen LogP contribution in [0.15, 0.2) is 18.2 Å². The zero-order chi connectivity index (χ0) is 21.5. The molecule has 1 saturated carbocycles. The number of hydrogen-bond donors (Lipinski definition) is 0. The second kappa shape index (κ2) is 10.6. The van der Waals surface area contributed by atoms with Gasteiger partial charge in [0.1, 0.15) is 11.5 Å². The van der Waals surface area contributed by atoms with E-state index in [1.54, 1.807) is 20.8 Å². The molecular formula is C24H38O4S. The van der Waals surface area contributed by atoms with E-state index in [1.165, 1.54) is 18.4 Å². The average Bonchev–Trinajstić information content (AvgIpc) is 3.14. The third kappa shape index (κ3) is 7.44. The highest BCUT2D eigenvalue weighted by Gasteiger charge is 2.28. The van der Waals surface area contributed by atoms with Gasteiger partial charge in [-0.3, -0.25) is 4.79 Å². The Balaban J connectivity index is 1.77. The average molecular weight is 423 g/mol. The van der Waals surface area contributed by atoms with Gasteiger partial charge in [0.2, 0.25) is 0 Å². The number of benzene rings is 1. The number of hydrogen-bond acceptors (Lipinski definition) is 4. The lowest BCUT2D eigenvalue weighted by atomic mass is 10.0. The van der Waals surface area contributed by atoms with Gasteiger partial charge in [-0.05, 0) is 82.9 Å². The maximum absolute atomic E-state index is 12.3. The minimum Gasteiger partial charge on any atom is -0.490 e. The SMILES string of the molecule is CCc1cc(CC(=O)CCCCCS(=O)(=O)C(C)(C)C)ccc1OC1CCCC1. The molecule has 0 N–H and O–H groups in total. The number of unbranched alkanes of at least 4 members (excludes halogenated alkanes) is 2. The predicted molar refractivity (Wildman–Crippen MR) is 119 cm³/mol. The Bertz CT molecular complexity index is 769. The molecule has 0 atom stereocenters. The number of ketones is 1. The Kier molecular flexibility index (Phi) is 8.74. The van der Waals surface area contributed by atoms with Gasteiger partial charge in [-0.15, -0.1) is 0 Å². The van der Waals surface area contributed by atoms with Crippen molar-refractivity contribution in [2.75, 3.05) is 5.75 Å². The summed E-state index contributed by atoms with van der Waals surface area (Å²) in [5.74, 6) is 1.39. The molecule has 0 spiro atoms. The molecule has 0 heterocycles. The summed E-state index contributed by atoms with van der Waals surface area (Å²) in [6, 6.07) is 6.15. The van der Waals surface area contributed by atoms with Crippen molar-refractivity contribution in [1.82, 2.24) is 0 Å². The summed E-state index contributed by atoms with van der Waals surface area (Å²) in [6.07, 6.45) is 9.12. The molecule has 0 aliphatic heterocycles. The summed E-state index contributed by atoms with van der Waals surface area (Å²) in [7, 11) is -3.06. The number of rotatable bonds is 11. The molecule has 164 valence electrons. The van der Waals surface area contributed by atoms with Crippen LogP contribution < -0.4 is 4.74 Å². The number of sulfone groups is 1. The van der Waals surface area contributed by atoms with Crippen molar-refractivity contribution in [1.29, 1.82) is 0 Å². The number of ether oxygens (including phenoxy) is 1. The summed E-state index contributed by atoms with van der Waals surface area (Å²) in [5, 5.41) is 0. The van der Waals surface area contributed by atoms with E-state index in [0.29, 0.717) is 25.4 Å². The van der Waals surface area contributed by atoms with E-state index in [4.69, 9.17) is 4.74 Å². The molecule has 5 heteroatoms. The fourth-order valence-electron chi connectivity index (χ4n) is 3.73. The van der Waals surface area contributed by atoms with Crippen LogP contribution >= 0.6 is 0 Å². The summed E-state index contributed by atoms with van der Waals surface area (Å²) in [4.78, 5) is 12.3. The minimum absolute atomic E-state index is 0.201. The molecule has 1 aliphatic carbocycles. The first kappa shape index (κ1) is 23.9. The number of aryl methyl sites for hydroxylation is 1. The molecule has 0 bridgehead atoms. The second-order valence-corrected chi connectivity index (χ2v) is 12.1. The maximum Gasteiger partial charge on any atom is 0.155 e. The molecule has 2 rings (SSSR count). The first-order valence-corrected chi connectivity index (χ1v) is 12.8. The van der Waals surface area contributed by atoms with Crippen molar-refractivity contribution in [3.8, 4) is 5.75 Å². The molecule has 29 heavy (non-hydrogen) atoms. The lowest BCUT2D eigenvalue weighted by molar-refractivity contribution is -0.118. The van der Waals surface area contributed by atoms with E-state index in [2.05, 4.69) is 13.0 Å². The monoisotopic (exact) mass is 422 g/mol. The predicted octanol–water partition coefficient (Wildman–Crippen LogP) is 5.46. The lowest BCUT2D eigenvalue weighted by Crippen LogP contribution is -2.30. The molecule has 0 aromatic heterocycles. The van der Waals surface area contributed by atoms with Crippen LogP contribution in [0, 0.1) is 0 Å². The fourth-order valence-corrected chi connectivity index (χ4v) is 4.93. The van der Waals surface area contributed by atoms with Gasteiger partial charge in [0.05, 0.1) is 16.6 Å². The summed E-state index contributed by atoms with van der Waals surface area (Å²) in [5.41, 5.74) is 2.22. The number of carbonyl (C=O) groups is 1. The maximum atomic E-state index is 12.3. The Hall–Kier alpha value is -1.36. The van der Waals surface area contributed by atoms with Crippen molar-refractivity contribution < 1.29 is 17.9 Å². The third-order valence-corrected chi connectivity index (χ3v) is 8.50. The molecule has 4 nitrogen and oxygen atoms in total. The van der Waals surface area contributed by atoms with Gasteiger partial charge < -0.3 is 4.74 Å². The number of Topliss-reactive ketones (excluding diaryl/α,β-unsaturated/α-hetero) is 1. The van der Waals surface area contributed by atoms with Crippen LogP contribution in [0.1, 0.15) is 90.2 Å². The van der Waals surface area contributed by atoms with Crippen LogP contribution in [-0.2, 0) is 27.5 Å². The van der Waals surface area contributed by atoms with Crippen LogP contribution in [-0.4, -0.2) is 30.8 Å². The Labute approximate surface area is 177 Å². The van der Waals surface area contributed by atoms with Crippen LogP contribution in [0.2, 0.25) is 0 Å². The molecule has 1 aromatic rings. The second-order valence-electron chi connectivity index (χ2n) is 9.28. The van der Waals surface area contributed by atoms with E-state index in [9.17, 15) is 13.2 Å². The van der Waals surface area contributed by atoms with Crippen LogP contribution in [0.3, 0.4) is 0 Å². The van der Waals surface area contributed by atoms with Gasteiger partial charge in [0.15, 0.2) is 9.84 Å². The Morgan fingerprint density at radius 3 is 2.41 bits per heavy atom. The van der Waals surface area contributed by atoms with Gasteiger partial charge in [0.25, 0.3) is 0 Å². The van der Waals surface area contributed by atoms with Crippen molar-refractivity contribution >= 4 is 15.6 Å². The highest BCUT2D eigenvalue weighted by molar-refractivity contribution is 7.92. The zero-order valence-corrected chi connectivity index (χ0v) is 19.4. The third-order valence-electron chi connectivity index (χ3n) is 5.80. The molecule has 0 unspecified atom stereocenters. The Morgan fingerprint density at radius 2 is 1.79 bits per heavy atom. The van der Waals surface area contributed by atoms with E-state index in [-0.39, 0.29) is 11.5 Å². The fraction of sp³-hybridized carbons (Fsp3) is 0.708. The van der Waals surface area contributed by atoms with E-state index in [1.807, 2.05) is 12.1 Å². The molecule has 0 radical (unpaired) electrons. The summed E-state index contributed by atoms with van der Waals surface area (Å²) in [6.45, 7) is 7.33. The van der Waals surface area contributed by atoms with E-state index in [0.717, 1.165) is 43.4 Å². The van der Waals surface area contributed by atoms with Crippen molar-refractivity contribution in [2.24, 2.45) is 0 Å². The highest BCUT2D eigenvalue weighted by Crippen LogP contribution is 2.28. The largest absolute Gasteiger partial charge is 0.490 e. The molecule has 0 amide bonds. The quantitative estimate of drug-likeness (QED) is 0.445. The van der Waals surface area contributed by atoms with Crippen LogP contribution in [0.25, 0.3) is 0 Å². The summed E-state index contributed by atoms with van der Waals surface area (Å²) >= 11 is 0. The van der Waals surface area contributed by atoms with Crippen molar-refractivity contribution in [2.45, 2.75) is 103 Å². The smallest absolute Gasteiger partial charge is 0.155 e. The summed E-state index contributed by atoms with van der Waals surface area (Å²) < 4.78 is 29.7. The normalized spacial score (nSPS) is 15.6. The van der Waals surface area contributed by atoms with Gasteiger partial charge in [-0.2, -0.15) is 0 Å². The van der Waals surface area contributed by atoms with Gasteiger partial charge >= 0.3 is 0 Å². The number of carbonyl (C=O) groups excluding carboxylic acids is 1. The topological polar surface area (TPSA) is 60.4 Å². The van der Waals surface area contributed by atoms with E-state index >= 15 is 0 Å².